The zero-order chi connectivity index (χ0) is 18.5. The molecule has 26 heavy (non-hydrogen) atoms. The summed E-state index contributed by atoms with van der Waals surface area (Å²) in [6.45, 7) is 4.27. The molecule has 0 radical (unpaired) electrons. The van der Waals surface area contributed by atoms with Crippen LogP contribution in [-0.2, 0) is 11.2 Å². The normalized spacial score (nSPS) is 14.2. The van der Waals surface area contributed by atoms with Crippen molar-refractivity contribution >= 4 is 11.8 Å². The number of aryl methyl sites for hydroxylation is 1. The zero-order valence-corrected chi connectivity index (χ0v) is 15.3. The van der Waals surface area contributed by atoms with Crippen molar-refractivity contribution in [3.8, 4) is 5.75 Å². The number of rotatable bonds is 4. The Morgan fingerprint density at radius 3 is 2.23 bits per heavy atom. The van der Waals surface area contributed by atoms with E-state index in [1.165, 1.54) is 0 Å². The fourth-order valence-electron chi connectivity index (χ4n) is 3.15. The van der Waals surface area contributed by atoms with Crippen LogP contribution >= 0.6 is 0 Å². The molecule has 0 saturated carbocycles. The van der Waals surface area contributed by atoms with Crippen LogP contribution in [0.1, 0.15) is 21.5 Å². The second-order valence-corrected chi connectivity index (χ2v) is 6.57. The van der Waals surface area contributed by atoms with Crippen LogP contribution < -0.4 is 4.74 Å². The standard InChI is InChI=1S/C21H24N2O3/c1-16-4-3-5-18(14-16)21(25)23-12-10-22(11-13-23)20(24)15-17-6-8-19(26-2)9-7-17/h3-9,14H,10-13,15H2,1-2H3. The first kappa shape index (κ1) is 18.0. The Labute approximate surface area is 154 Å². The molecule has 2 aromatic carbocycles. The van der Waals surface area contributed by atoms with E-state index in [1.54, 1.807) is 7.11 Å². The minimum Gasteiger partial charge on any atom is -0.497 e. The number of amides is 2. The molecule has 1 fully saturated rings. The molecular weight excluding hydrogens is 328 g/mol. The van der Waals surface area contributed by atoms with E-state index < -0.39 is 0 Å². The Bertz CT molecular complexity index is 778. The summed E-state index contributed by atoms with van der Waals surface area (Å²) in [6.07, 6.45) is 0.371. The number of nitrogens with zero attached hydrogens (tertiary/aromatic N) is 2. The summed E-state index contributed by atoms with van der Waals surface area (Å²) in [5.74, 6) is 0.915. The summed E-state index contributed by atoms with van der Waals surface area (Å²) in [7, 11) is 1.62. The summed E-state index contributed by atoms with van der Waals surface area (Å²) in [6, 6.07) is 15.2. The van der Waals surface area contributed by atoms with Gasteiger partial charge < -0.3 is 14.5 Å². The first-order valence-electron chi connectivity index (χ1n) is 8.83. The third-order valence-corrected chi connectivity index (χ3v) is 4.70. The summed E-state index contributed by atoms with van der Waals surface area (Å²) in [5, 5.41) is 0. The summed E-state index contributed by atoms with van der Waals surface area (Å²) >= 11 is 0. The second kappa shape index (κ2) is 8.04. The van der Waals surface area contributed by atoms with Crippen molar-refractivity contribution in [2.45, 2.75) is 13.3 Å². The van der Waals surface area contributed by atoms with Crippen LogP contribution in [0.5, 0.6) is 5.75 Å². The van der Waals surface area contributed by atoms with Gasteiger partial charge in [0.15, 0.2) is 0 Å². The molecular formula is C21H24N2O3. The van der Waals surface area contributed by atoms with Gasteiger partial charge in [-0.05, 0) is 36.8 Å². The largest absolute Gasteiger partial charge is 0.497 e. The highest BCUT2D eigenvalue weighted by Crippen LogP contribution is 2.14. The van der Waals surface area contributed by atoms with Gasteiger partial charge in [-0.3, -0.25) is 9.59 Å². The van der Waals surface area contributed by atoms with Gasteiger partial charge in [0.2, 0.25) is 5.91 Å². The van der Waals surface area contributed by atoms with Crippen molar-refractivity contribution in [1.82, 2.24) is 9.80 Å². The first-order valence-corrected chi connectivity index (χ1v) is 8.83. The van der Waals surface area contributed by atoms with Gasteiger partial charge in [-0.1, -0.05) is 29.8 Å². The maximum absolute atomic E-state index is 12.6. The number of methoxy groups -OCH3 is 1. The second-order valence-electron chi connectivity index (χ2n) is 6.57. The highest BCUT2D eigenvalue weighted by molar-refractivity contribution is 5.94. The molecule has 0 aliphatic carbocycles. The third kappa shape index (κ3) is 4.23. The van der Waals surface area contributed by atoms with E-state index in [0.717, 1.165) is 16.9 Å². The minimum absolute atomic E-state index is 0.0379. The van der Waals surface area contributed by atoms with E-state index in [9.17, 15) is 9.59 Å². The molecule has 1 aliphatic heterocycles. The van der Waals surface area contributed by atoms with Gasteiger partial charge in [0.25, 0.3) is 5.91 Å². The number of benzene rings is 2. The molecule has 2 aromatic rings. The lowest BCUT2D eigenvalue weighted by Gasteiger charge is -2.35. The van der Waals surface area contributed by atoms with Crippen LogP contribution in [0.3, 0.4) is 0 Å². The van der Waals surface area contributed by atoms with E-state index in [0.29, 0.717) is 38.2 Å². The van der Waals surface area contributed by atoms with Crippen LogP contribution in [0.15, 0.2) is 48.5 Å². The predicted octanol–water partition coefficient (Wildman–Crippen LogP) is 2.53. The van der Waals surface area contributed by atoms with Gasteiger partial charge in [0.1, 0.15) is 5.75 Å². The van der Waals surface area contributed by atoms with Crippen LogP contribution in [0.2, 0.25) is 0 Å². The van der Waals surface area contributed by atoms with Crippen molar-refractivity contribution in [2.24, 2.45) is 0 Å². The number of carbonyl (C=O) groups is 2. The summed E-state index contributed by atoms with van der Waals surface area (Å²) < 4.78 is 5.14. The number of piperazine rings is 1. The molecule has 136 valence electrons. The smallest absolute Gasteiger partial charge is 0.253 e. The number of ether oxygens (including phenoxy) is 1. The molecule has 3 rings (SSSR count). The van der Waals surface area contributed by atoms with Gasteiger partial charge in [-0.2, -0.15) is 0 Å². The van der Waals surface area contributed by atoms with Gasteiger partial charge >= 0.3 is 0 Å². The Kier molecular flexibility index (Phi) is 5.56. The maximum Gasteiger partial charge on any atom is 0.253 e. The SMILES string of the molecule is COc1ccc(CC(=O)N2CCN(C(=O)c3cccc(C)c3)CC2)cc1. The Hall–Kier alpha value is -2.82. The van der Waals surface area contributed by atoms with Gasteiger partial charge in [-0.25, -0.2) is 0 Å². The molecule has 2 amide bonds. The fourth-order valence-corrected chi connectivity index (χ4v) is 3.15. The van der Waals surface area contributed by atoms with E-state index in [2.05, 4.69) is 0 Å². The predicted molar refractivity (Wildman–Crippen MR) is 100 cm³/mol. The first-order chi connectivity index (χ1) is 12.6. The molecule has 0 aromatic heterocycles. The summed E-state index contributed by atoms with van der Waals surface area (Å²) in [4.78, 5) is 28.8. The number of hydrogen-bond donors (Lipinski definition) is 0. The molecule has 5 heteroatoms. The molecule has 1 heterocycles. The van der Waals surface area contributed by atoms with Crippen molar-refractivity contribution < 1.29 is 14.3 Å². The minimum atomic E-state index is 0.0379. The molecule has 1 aliphatic rings. The molecule has 0 atom stereocenters. The molecule has 0 unspecified atom stereocenters. The van der Waals surface area contributed by atoms with Gasteiger partial charge in [0, 0.05) is 31.7 Å². The highest BCUT2D eigenvalue weighted by Gasteiger charge is 2.24. The molecule has 1 saturated heterocycles. The molecule has 0 bridgehead atoms. The average molecular weight is 352 g/mol. The number of hydrogen-bond acceptors (Lipinski definition) is 3. The van der Waals surface area contributed by atoms with Crippen molar-refractivity contribution in [3.63, 3.8) is 0 Å². The van der Waals surface area contributed by atoms with Crippen LogP contribution in [0, 0.1) is 6.92 Å². The highest BCUT2D eigenvalue weighted by atomic mass is 16.5. The maximum atomic E-state index is 12.6. The van der Waals surface area contributed by atoms with E-state index in [4.69, 9.17) is 4.74 Å². The van der Waals surface area contributed by atoms with Crippen LogP contribution in [-0.4, -0.2) is 54.9 Å². The lowest BCUT2D eigenvalue weighted by molar-refractivity contribution is -0.131. The van der Waals surface area contributed by atoms with Crippen molar-refractivity contribution in [2.75, 3.05) is 33.3 Å². The van der Waals surface area contributed by atoms with Crippen molar-refractivity contribution in [1.29, 1.82) is 0 Å². The zero-order valence-electron chi connectivity index (χ0n) is 15.3. The van der Waals surface area contributed by atoms with E-state index >= 15 is 0 Å². The Morgan fingerprint density at radius 1 is 0.962 bits per heavy atom. The van der Waals surface area contributed by atoms with Crippen LogP contribution in [0.4, 0.5) is 0 Å². The third-order valence-electron chi connectivity index (χ3n) is 4.70. The van der Waals surface area contributed by atoms with Gasteiger partial charge in [-0.15, -0.1) is 0 Å². The quantitative estimate of drug-likeness (QED) is 0.850. The van der Waals surface area contributed by atoms with Crippen molar-refractivity contribution in [3.05, 3.63) is 65.2 Å². The molecule has 0 spiro atoms. The average Bonchev–Trinajstić information content (AvgIpc) is 2.68. The monoisotopic (exact) mass is 352 g/mol. The Balaban J connectivity index is 1.54. The number of carbonyl (C=O) groups excluding carboxylic acids is 2. The van der Waals surface area contributed by atoms with Crippen LogP contribution in [0.25, 0.3) is 0 Å². The Morgan fingerprint density at radius 2 is 1.62 bits per heavy atom. The fraction of sp³-hybridized carbons (Fsp3) is 0.333. The topological polar surface area (TPSA) is 49.9 Å². The lowest BCUT2D eigenvalue weighted by Crippen LogP contribution is -2.51. The van der Waals surface area contributed by atoms with E-state index in [-0.39, 0.29) is 11.8 Å². The summed E-state index contributed by atoms with van der Waals surface area (Å²) in [5.41, 5.74) is 2.75. The van der Waals surface area contributed by atoms with E-state index in [1.807, 2.05) is 65.3 Å². The van der Waals surface area contributed by atoms with Gasteiger partial charge in [0.05, 0.1) is 13.5 Å². The lowest BCUT2D eigenvalue weighted by atomic mass is 10.1. The molecule has 5 nitrogen and oxygen atoms in total. The molecule has 0 N–H and O–H groups in total.